The second-order valence-electron chi connectivity index (χ2n) is 5.16. The molecule has 0 bridgehead atoms. The first-order chi connectivity index (χ1) is 10.5. The molecule has 0 amide bonds. The fourth-order valence-electron chi connectivity index (χ4n) is 2.79. The van der Waals surface area contributed by atoms with Crippen molar-refractivity contribution in [2.75, 3.05) is 18.9 Å². The van der Waals surface area contributed by atoms with Crippen LogP contribution < -0.4 is 11.5 Å². The van der Waals surface area contributed by atoms with E-state index < -0.39 is 23.8 Å². The summed E-state index contributed by atoms with van der Waals surface area (Å²) in [5, 5.41) is 19.0. The van der Waals surface area contributed by atoms with Crippen LogP contribution in [0, 0.1) is 18.3 Å². The molecule has 1 aliphatic heterocycles. The summed E-state index contributed by atoms with van der Waals surface area (Å²) < 4.78 is 7.30. The number of aliphatic hydroxyl groups excluding tert-OH is 2. The second-order valence-corrected chi connectivity index (χ2v) is 5.16. The molecule has 4 atom stereocenters. The van der Waals surface area contributed by atoms with Gasteiger partial charge < -0.3 is 26.4 Å². The van der Waals surface area contributed by atoms with Crippen LogP contribution in [0.15, 0.2) is 12.5 Å². The highest BCUT2D eigenvalue weighted by Crippen LogP contribution is 2.41. The molecule has 0 spiro atoms. The van der Waals surface area contributed by atoms with E-state index in [2.05, 4.69) is 20.9 Å². The number of imidazole rings is 1. The number of nitrogens with zero attached hydrogens (tertiary/aromatic N) is 4. The van der Waals surface area contributed by atoms with E-state index in [1.807, 2.05) is 0 Å². The van der Waals surface area contributed by atoms with Crippen molar-refractivity contribution in [3.8, 4) is 12.3 Å². The number of aliphatic hydroxyl groups is 2. The van der Waals surface area contributed by atoms with Gasteiger partial charge in [-0.25, -0.2) is 9.97 Å². The lowest BCUT2D eigenvalue weighted by Gasteiger charge is -2.29. The van der Waals surface area contributed by atoms with Crippen LogP contribution in [0.2, 0.25) is 0 Å². The molecule has 0 saturated carbocycles. The van der Waals surface area contributed by atoms with Gasteiger partial charge in [-0.15, -0.1) is 6.42 Å². The number of fused-ring (bicyclic) bond motifs is 1. The molecule has 6 N–H and O–H groups in total. The minimum Gasteiger partial charge on any atom is -0.396 e. The Kier molecular flexibility index (Phi) is 3.46. The maximum Gasteiger partial charge on any atom is 0.222 e. The first-order valence-electron chi connectivity index (χ1n) is 6.64. The Balaban J connectivity index is 2.13. The maximum absolute atomic E-state index is 9.57. The molecule has 2 aromatic heterocycles. The van der Waals surface area contributed by atoms with Gasteiger partial charge in [0.2, 0.25) is 5.95 Å². The zero-order valence-electron chi connectivity index (χ0n) is 11.6. The fourth-order valence-corrected chi connectivity index (χ4v) is 2.79. The van der Waals surface area contributed by atoms with Crippen molar-refractivity contribution < 1.29 is 14.9 Å². The van der Waals surface area contributed by atoms with Gasteiger partial charge >= 0.3 is 0 Å². The molecule has 1 saturated heterocycles. The molecule has 2 unspecified atom stereocenters. The van der Waals surface area contributed by atoms with E-state index in [0.29, 0.717) is 11.2 Å². The van der Waals surface area contributed by atoms with Crippen molar-refractivity contribution in [3.63, 3.8) is 0 Å². The molecule has 2 aromatic rings. The van der Waals surface area contributed by atoms with Crippen molar-refractivity contribution >= 4 is 17.1 Å². The lowest BCUT2D eigenvalue weighted by molar-refractivity contribution is -0.0374. The number of hydrogen-bond acceptors (Lipinski definition) is 8. The largest absolute Gasteiger partial charge is 0.396 e. The Bertz CT molecular complexity index is 741. The molecule has 9 heteroatoms. The van der Waals surface area contributed by atoms with Crippen molar-refractivity contribution in [1.29, 1.82) is 0 Å². The van der Waals surface area contributed by atoms with E-state index in [0.717, 1.165) is 0 Å². The molecule has 0 aromatic carbocycles. The SMILES string of the molecule is C#CC1(N)C(CO)[C@@H](CO)O[C@H]1n1cnc2cnc(N)nc21. The summed E-state index contributed by atoms with van der Waals surface area (Å²) in [7, 11) is 0. The average molecular weight is 304 g/mol. The quantitative estimate of drug-likeness (QED) is 0.488. The Morgan fingerprint density at radius 1 is 1.41 bits per heavy atom. The summed E-state index contributed by atoms with van der Waals surface area (Å²) in [6.07, 6.45) is 7.00. The predicted octanol–water partition coefficient (Wildman–Crippen LogP) is -1.76. The van der Waals surface area contributed by atoms with Crippen LogP contribution in [0.5, 0.6) is 0 Å². The van der Waals surface area contributed by atoms with Crippen LogP contribution in [0.1, 0.15) is 6.23 Å². The Labute approximate surface area is 125 Å². The third-order valence-corrected chi connectivity index (χ3v) is 3.99. The summed E-state index contributed by atoms with van der Waals surface area (Å²) in [6.45, 7) is -0.627. The summed E-state index contributed by atoms with van der Waals surface area (Å²) in [4.78, 5) is 12.1. The third-order valence-electron chi connectivity index (χ3n) is 3.99. The Morgan fingerprint density at radius 3 is 2.82 bits per heavy atom. The highest BCUT2D eigenvalue weighted by Gasteiger charge is 2.54. The van der Waals surface area contributed by atoms with Crippen LogP contribution in [-0.4, -0.2) is 54.6 Å². The first-order valence-corrected chi connectivity index (χ1v) is 6.64. The number of anilines is 1. The van der Waals surface area contributed by atoms with Gasteiger partial charge in [0.05, 0.1) is 31.8 Å². The van der Waals surface area contributed by atoms with Gasteiger partial charge in [0, 0.05) is 5.92 Å². The number of rotatable bonds is 3. The average Bonchev–Trinajstić information content (AvgIpc) is 3.05. The predicted molar refractivity (Wildman–Crippen MR) is 77.1 cm³/mol. The van der Waals surface area contributed by atoms with Crippen LogP contribution in [0.25, 0.3) is 11.2 Å². The number of nitrogens with two attached hydrogens (primary N) is 2. The molecule has 22 heavy (non-hydrogen) atoms. The summed E-state index contributed by atoms with van der Waals surface area (Å²) in [5.74, 6) is 1.94. The van der Waals surface area contributed by atoms with E-state index >= 15 is 0 Å². The van der Waals surface area contributed by atoms with Crippen LogP contribution in [0.3, 0.4) is 0 Å². The molecule has 3 rings (SSSR count). The summed E-state index contributed by atoms with van der Waals surface area (Å²) >= 11 is 0. The standard InChI is InChI=1S/C13H16N6O3/c1-2-13(15)7(4-20)9(5-21)22-11(13)19-6-17-8-3-16-12(14)18-10(8)19/h1,3,6-7,9,11,20-21H,4-5,15H2,(H2,14,16,18)/t7?,9-,11-,13?/m1/s1. The van der Waals surface area contributed by atoms with E-state index in [1.54, 1.807) is 4.57 Å². The normalized spacial score (nSPS) is 31.5. The smallest absolute Gasteiger partial charge is 0.222 e. The fraction of sp³-hybridized carbons (Fsp3) is 0.462. The topological polar surface area (TPSA) is 145 Å². The zero-order valence-corrected chi connectivity index (χ0v) is 11.6. The van der Waals surface area contributed by atoms with Gasteiger partial charge in [0.1, 0.15) is 11.1 Å². The number of nitrogen functional groups attached to an aromatic ring is 1. The molecular formula is C13H16N6O3. The summed E-state index contributed by atoms with van der Waals surface area (Å²) in [5.41, 5.74) is 11.5. The van der Waals surface area contributed by atoms with Gasteiger partial charge in [-0.05, 0) is 0 Å². The van der Waals surface area contributed by atoms with Gasteiger partial charge in [0.25, 0.3) is 0 Å². The lowest BCUT2D eigenvalue weighted by atomic mass is 9.83. The van der Waals surface area contributed by atoms with Gasteiger partial charge in [0.15, 0.2) is 11.9 Å². The molecule has 9 nitrogen and oxygen atoms in total. The second kappa shape index (κ2) is 5.19. The molecule has 1 aliphatic rings. The Morgan fingerprint density at radius 2 is 2.18 bits per heavy atom. The van der Waals surface area contributed by atoms with E-state index in [1.165, 1.54) is 12.5 Å². The first kappa shape index (κ1) is 14.7. The van der Waals surface area contributed by atoms with Gasteiger partial charge in [-0.2, -0.15) is 4.98 Å². The highest BCUT2D eigenvalue weighted by atomic mass is 16.5. The number of terminal acetylenes is 1. The van der Waals surface area contributed by atoms with E-state index in [4.69, 9.17) is 22.6 Å². The number of aromatic nitrogens is 4. The van der Waals surface area contributed by atoms with Gasteiger partial charge in [-0.1, -0.05) is 5.92 Å². The molecule has 3 heterocycles. The molecule has 1 fully saturated rings. The molecule has 116 valence electrons. The van der Waals surface area contributed by atoms with Crippen LogP contribution >= 0.6 is 0 Å². The van der Waals surface area contributed by atoms with E-state index in [-0.39, 0.29) is 19.2 Å². The minimum atomic E-state index is -1.32. The monoisotopic (exact) mass is 304 g/mol. The number of hydrogen-bond donors (Lipinski definition) is 4. The van der Waals surface area contributed by atoms with Crippen LogP contribution in [0.4, 0.5) is 5.95 Å². The van der Waals surface area contributed by atoms with Crippen molar-refractivity contribution in [3.05, 3.63) is 12.5 Å². The Hall–Kier alpha value is -2.25. The van der Waals surface area contributed by atoms with Crippen LogP contribution in [-0.2, 0) is 4.74 Å². The maximum atomic E-state index is 9.57. The third kappa shape index (κ3) is 1.93. The minimum absolute atomic E-state index is 0.0768. The molecule has 0 aliphatic carbocycles. The van der Waals surface area contributed by atoms with Crippen molar-refractivity contribution in [2.45, 2.75) is 17.9 Å². The van der Waals surface area contributed by atoms with Crippen molar-refractivity contribution in [2.24, 2.45) is 11.7 Å². The molecule has 0 radical (unpaired) electrons. The summed E-state index contributed by atoms with van der Waals surface area (Å²) in [6, 6.07) is 0. The molecular weight excluding hydrogens is 288 g/mol. The zero-order chi connectivity index (χ0) is 15.9. The lowest BCUT2D eigenvalue weighted by Crippen LogP contribution is -2.51. The van der Waals surface area contributed by atoms with Gasteiger partial charge in [-0.3, -0.25) is 4.57 Å². The van der Waals surface area contributed by atoms with Crippen molar-refractivity contribution in [1.82, 2.24) is 19.5 Å². The van der Waals surface area contributed by atoms with E-state index in [9.17, 15) is 10.2 Å². The highest BCUT2D eigenvalue weighted by molar-refractivity contribution is 5.70. The number of ether oxygens (including phenoxy) is 1.